The van der Waals surface area contributed by atoms with Crippen molar-refractivity contribution in [3.05, 3.63) is 86.7 Å². The Hall–Kier alpha value is -3.52. The van der Waals surface area contributed by atoms with E-state index in [2.05, 4.69) is 36.1 Å². The van der Waals surface area contributed by atoms with Crippen LogP contribution in [0.5, 0.6) is 0 Å². The number of hydrogen-bond donors (Lipinski definition) is 0. The van der Waals surface area contributed by atoms with E-state index < -0.39 is 0 Å². The van der Waals surface area contributed by atoms with Crippen molar-refractivity contribution in [2.24, 2.45) is 0 Å². The molecule has 1 amide bonds. The Bertz CT molecular complexity index is 1190. The maximum absolute atomic E-state index is 13.4. The molecule has 33 heavy (non-hydrogen) atoms. The number of aryl methyl sites for hydroxylation is 1. The second kappa shape index (κ2) is 8.78. The summed E-state index contributed by atoms with van der Waals surface area (Å²) in [6, 6.07) is 15.0. The number of amides is 1. The van der Waals surface area contributed by atoms with Gasteiger partial charge in [0.2, 0.25) is 0 Å². The molecule has 2 heterocycles. The summed E-state index contributed by atoms with van der Waals surface area (Å²) in [7, 11) is 0. The van der Waals surface area contributed by atoms with E-state index in [0.717, 1.165) is 54.9 Å². The van der Waals surface area contributed by atoms with Gasteiger partial charge in [-0.25, -0.2) is 4.68 Å². The van der Waals surface area contributed by atoms with Crippen LogP contribution in [0.3, 0.4) is 0 Å². The van der Waals surface area contributed by atoms with Crippen molar-refractivity contribution < 1.29 is 9.72 Å². The van der Waals surface area contributed by atoms with Gasteiger partial charge in [0.25, 0.3) is 11.6 Å². The molecule has 1 saturated heterocycles. The number of nitro benzene ring substituents is 1. The predicted molar refractivity (Wildman–Crippen MR) is 125 cm³/mol. The first-order valence-corrected chi connectivity index (χ1v) is 11.4. The van der Waals surface area contributed by atoms with Crippen LogP contribution in [-0.4, -0.2) is 56.6 Å². The number of piperazine rings is 1. The summed E-state index contributed by atoms with van der Waals surface area (Å²) in [5, 5.41) is 15.8. The van der Waals surface area contributed by atoms with Gasteiger partial charge in [-0.15, -0.1) is 0 Å². The van der Waals surface area contributed by atoms with E-state index in [4.69, 9.17) is 5.10 Å². The number of carbonyl (C=O) groups is 1. The van der Waals surface area contributed by atoms with Gasteiger partial charge in [0, 0.05) is 56.1 Å². The number of nitro groups is 1. The molecule has 2 aliphatic rings. The number of nitrogens with zero attached hydrogens (tertiary/aromatic N) is 5. The first-order valence-electron chi connectivity index (χ1n) is 11.4. The van der Waals surface area contributed by atoms with Crippen LogP contribution in [-0.2, 0) is 19.4 Å². The van der Waals surface area contributed by atoms with Gasteiger partial charge < -0.3 is 4.90 Å². The van der Waals surface area contributed by atoms with Crippen molar-refractivity contribution in [1.29, 1.82) is 0 Å². The SMILES string of the molecule is Cc1ccc(-n2nc(C(=O)N3CCN(Cc4cccc([N+](=O)[O-])c4)CC3)c3c2CCC3)cc1. The standard InChI is InChI=1S/C25H27N5O3/c1-18-8-10-20(11-9-18)29-23-7-3-6-22(23)24(26-29)25(31)28-14-12-27(13-15-28)17-19-4-2-5-21(16-19)30(32)33/h2,4-5,8-11,16H,3,6-7,12-15,17H2,1H3. The van der Waals surface area contributed by atoms with Crippen LogP contribution in [0.4, 0.5) is 5.69 Å². The zero-order valence-corrected chi connectivity index (χ0v) is 18.7. The van der Waals surface area contributed by atoms with Gasteiger partial charge in [0.15, 0.2) is 5.69 Å². The van der Waals surface area contributed by atoms with Crippen molar-refractivity contribution in [2.45, 2.75) is 32.7 Å². The second-order valence-corrected chi connectivity index (χ2v) is 8.87. The number of hydrogen-bond acceptors (Lipinski definition) is 5. The van der Waals surface area contributed by atoms with Gasteiger partial charge in [-0.2, -0.15) is 5.10 Å². The maximum atomic E-state index is 13.4. The Morgan fingerprint density at radius 2 is 1.82 bits per heavy atom. The van der Waals surface area contributed by atoms with E-state index in [1.54, 1.807) is 12.1 Å². The van der Waals surface area contributed by atoms with Crippen molar-refractivity contribution in [3.63, 3.8) is 0 Å². The molecular formula is C25H27N5O3. The summed E-state index contributed by atoms with van der Waals surface area (Å²) in [6.45, 7) is 5.41. The van der Waals surface area contributed by atoms with Crippen molar-refractivity contribution >= 4 is 11.6 Å². The number of rotatable bonds is 5. The number of benzene rings is 2. The van der Waals surface area contributed by atoms with Crippen molar-refractivity contribution in [2.75, 3.05) is 26.2 Å². The van der Waals surface area contributed by atoms with Gasteiger partial charge in [-0.3, -0.25) is 19.8 Å². The molecule has 2 aromatic carbocycles. The van der Waals surface area contributed by atoms with Crippen molar-refractivity contribution in [1.82, 2.24) is 19.6 Å². The summed E-state index contributed by atoms with van der Waals surface area (Å²) >= 11 is 0. The Morgan fingerprint density at radius 1 is 1.06 bits per heavy atom. The Morgan fingerprint density at radius 3 is 2.55 bits per heavy atom. The third kappa shape index (κ3) is 4.26. The summed E-state index contributed by atoms with van der Waals surface area (Å²) in [6.07, 6.45) is 2.89. The third-order valence-electron chi connectivity index (χ3n) is 6.60. The largest absolute Gasteiger partial charge is 0.335 e. The topological polar surface area (TPSA) is 84.5 Å². The molecule has 8 nitrogen and oxygen atoms in total. The average molecular weight is 446 g/mol. The molecular weight excluding hydrogens is 418 g/mol. The molecule has 3 aromatic rings. The Kier molecular flexibility index (Phi) is 5.68. The number of carbonyl (C=O) groups excluding carboxylic acids is 1. The minimum Gasteiger partial charge on any atom is -0.335 e. The quantitative estimate of drug-likeness (QED) is 0.443. The molecule has 0 unspecified atom stereocenters. The van der Waals surface area contributed by atoms with Crippen LogP contribution in [0.1, 0.15) is 39.3 Å². The van der Waals surface area contributed by atoms with E-state index >= 15 is 0 Å². The smallest absolute Gasteiger partial charge is 0.274 e. The highest BCUT2D eigenvalue weighted by atomic mass is 16.6. The highest BCUT2D eigenvalue weighted by Crippen LogP contribution is 2.29. The number of aromatic nitrogens is 2. The van der Waals surface area contributed by atoms with Gasteiger partial charge >= 0.3 is 0 Å². The number of non-ortho nitro benzene ring substituents is 1. The van der Waals surface area contributed by atoms with E-state index in [1.165, 1.54) is 11.6 Å². The molecule has 5 rings (SSSR count). The molecule has 1 aromatic heterocycles. The zero-order chi connectivity index (χ0) is 22.9. The van der Waals surface area contributed by atoms with Crippen LogP contribution >= 0.6 is 0 Å². The van der Waals surface area contributed by atoms with Gasteiger partial charge in [0.1, 0.15) is 0 Å². The molecule has 0 atom stereocenters. The lowest BCUT2D eigenvalue weighted by Crippen LogP contribution is -2.48. The first kappa shape index (κ1) is 21.3. The summed E-state index contributed by atoms with van der Waals surface area (Å²) in [5.41, 5.74) is 6.07. The molecule has 0 N–H and O–H groups in total. The van der Waals surface area contributed by atoms with Gasteiger partial charge in [-0.05, 0) is 43.9 Å². The first-order chi connectivity index (χ1) is 16.0. The summed E-state index contributed by atoms with van der Waals surface area (Å²) in [5.74, 6) is 0.00834. The highest BCUT2D eigenvalue weighted by molar-refractivity contribution is 5.94. The molecule has 0 bridgehead atoms. The zero-order valence-electron chi connectivity index (χ0n) is 18.7. The minimum absolute atomic E-state index is 0.00834. The monoisotopic (exact) mass is 445 g/mol. The lowest BCUT2D eigenvalue weighted by molar-refractivity contribution is -0.384. The second-order valence-electron chi connectivity index (χ2n) is 8.87. The maximum Gasteiger partial charge on any atom is 0.274 e. The lowest BCUT2D eigenvalue weighted by atomic mass is 10.1. The van der Waals surface area contributed by atoms with Crippen LogP contribution < -0.4 is 0 Å². The summed E-state index contributed by atoms with van der Waals surface area (Å²) in [4.78, 5) is 28.2. The minimum atomic E-state index is -0.367. The molecule has 8 heteroatoms. The predicted octanol–water partition coefficient (Wildman–Crippen LogP) is 3.54. The van der Waals surface area contributed by atoms with E-state index in [0.29, 0.717) is 25.3 Å². The molecule has 0 radical (unpaired) electrons. The average Bonchev–Trinajstić information content (AvgIpc) is 3.43. The highest BCUT2D eigenvalue weighted by Gasteiger charge is 2.31. The van der Waals surface area contributed by atoms with Gasteiger partial charge in [0.05, 0.1) is 10.6 Å². The molecule has 170 valence electrons. The van der Waals surface area contributed by atoms with Crippen molar-refractivity contribution in [3.8, 4) is 5.69 Å². The normalized spacial score (nSPS) is 16.1. The fourth-order valence-electron chi connectivity index (χ4n) is 4.79. The fraction of sp³-hybridized carbons (Fsp3) is 0.360. The van der Waals surface area contributed by atoms with Crippen LogP contribution in [0.25, 0.3) is 5.69 Å². The van der Waals surface area contributed by atoms with E-state index in [9.17, 15) is 14.9 Å². The van der Waals surface area contributed by atoms with Crippen LogP contribution in [0, 0.1) is 17.0 Å². The van der Waals surface area contributed by atoms with Crippen LogP contribution in [0.15, 0.2) is 48.5 Å². The molecule has 1 aliphatic heterocycles. The molecule has 0 spiro atoms. The fourth-order valence-corrected chi connectivity index (χ4v) is 4.79. The molecule has 1 aliphatic carbocycles. The lowest BCUT2D eigenvalue weighted by Gasteiger charge is -2.34. The van der Waals surface area contributed by atoms with E-state index in [1.807, 2.05) is 15.6 Å². The Labute approximate surface area is 192 Å². The van der Waals surface area contributed by atoms with Crippen LogP contribution in [0.2, 0.25) is 0 Å². The Balaban J connectivity index is 1.28. The molecule has 1 fully saturated rings. The number of fused-ring (bicyclic) bond motifs is 1. The van der Waals surface area contributed by atoms with E-state index in [-0.39, 0.29) is 16.5 Å². The van der Waals surface area contributed by atoms with Gasteiger partial charge in [-0.1, -0.05) is 29.8 Å². The molecule has 0 saturated carbocycles. The third-order valence-corrected chi connectivity index (χ3v) is 6.60. The summed E-state index contributed by atoms with van der Waals surface area (Å²) < 4.78 is 1.95.